The van der Waals surface area contributed by atoms with Crippen LogP contribution in [0.5, 0.6) is 0 Å². The van der Waals surface area contributed by atoms with Gasteiger partial charge in [-0.1, -0.05) is 182 Å². The summed E-state index contributed by atoms with van der Waals surface area (Å²) in [5.41, 5.74) is 16.5. The molecule has 57 heavy (non-hydrogen) atoms. The Bertz CT molecular complexity index is 3000. The fraction of sp³-hybridized carbons (Fsp3) is 0.0182. The summed E-state index contributed by atoms with van der Waals surface area (Å²) in [7, 11) is 0. The molecule has 0 N–H and O–H groups in total. The Kier molecular flexibility index (Phi) is 7.75. The molecule has 1 aromatic heterocycles. The van der Waals surface area contributed by atoms with E-state index in [4.69, 9.17) is 4.42 Å². The molecule has 0 atom stereocenters. The summed E-state index contributed by atoms with van der Waals surface area (Å²) in [6.07, 6.45) is 0. The minimum Gasteiger partial charge on any atom is -0.455 e. The highest BCUT2D eigenvalue weighted by Crippen LogP contribution is 2.57. The van der Waals surface area contributed by atoms with E-state index in [0.29, 0.717) is 0 Å². The number of anilines is 3. The van der Waals surface area contributed by atoms with Crippen LogP contribution in [0, 0.1) is 0 Å². The molecule has 2 nitrogen and oxygen atoms in total. The first kappa shape index (κ1) is 33.0. The zero-order valence-corrected chi connectivity index (χ0v) is 31.2. The molecule has 1 aliphatic rings. The maximum absolute atomic E-state index is 6.82. The van der Waals surface area contributed by atoms with Gasteiger partial charge in [-0.25, -0.2) is 0 Å². The molecule has 9 aromatic carbocycles. The molecule has 0 saturated carbocycles. The monoisotopic (exact) mass is 727 g/mol. The second kappa shape index (κ2) is 13.4. The summed E-state index contributed by atoms with van der Waals surface area (Å²) >= 11 is 0. The van der Waals surface area contributed by atoms with E-state index in [2.05, 4.69) is 223 Å². The second-order valence-electron chi connectivity index (χ2n) is 14.8. The van der Waals surface area contributed by atoms with Crippen molar-refractivity contribution in [1.82, 2.24) is 0 Å². The van der Waals surface area contributed by atoms with Gasteiger partial charge < -0.3 is 9.32 Å². The van der Waals surface area contributed by atoms with Gasteiger partial charge in [0.15, 0.2) is 0 Å². The molecule has 0 spiro atoms. The fourth-order valence-electron chi connectivity index (χ4n) is 9.28. The van der Waals surface area contributed by atoms with Crippen LogP contribution in [-0.4, -0.2) is 0 Å². The molecule has 0 unspecified atom stereocenters. The third kappa shape index (κ3) is 5.18. The predicted molar refractivity (Wildman–Crippen MR) is 237 cm³/mol. The predicted octanol–water partition coefficient (Wildman–Crippen LogP) is 14.8. The van der Waals surface area contributed by atoms with E-state index >= 15 is 0 Å². The molecular formula is C55H37NO. The zero-order valence-electron chi connectivity index (χ0n) is 31.2. The van der Waals surface area contributed by atoms with Gasteiger partial charge in [0.25, 0.3) is 0 Å². The molecule has 1 aliphatic carbocycles. The van der Waals surface area contributed by atoms with Crippen LogP contribution < -0.4 is 4.90 Å². The van der Waals surface area contributed by atoms with Crippen LogP contribution in [0.3, 0.4) is 0 Å². The largest absolute Gasteiger partial charge is 0.455 e. The number of fused-ring (bicyclic) bond motifs is 6. The standard InChI is InChI=1S/C55H37NO/c1-5-17-38(18-6-1)39-29-31-43(32-30-39)56(51-36-35-48-47-26-14-16-28-52(47)57-54(48)53(51)40-19-7-2-8-20-40)44-33-34-46-45-25-13-15-27-49(45)55(50(46)37-44,41-21-9-3-10-22-41)42-23-11-4-12-24-42/h1-37H. The Hall–Kier alpha value is -7.42. The molecule has 0 aliphatic heterocycles. The van der Waals surface area contributed by atoms with E-state index in [9.17, 15) is 0 Å². The van der Waals surface area contributed by atoms with Crippen molar-refractivity contribution >= 4 is 39.0 Å². The Labute approximate surface area is 332 Å². The van der Waals surface area contributed by atoms with Crippen molar-refractivity contribution in [3.8, 4) is 33.4 Å². The van der Waals surface area contributed by atoms with Gasteiger partial charge in [-0.2, -0.15) is 0 Å². The second-order valence-corrected chi connectivity index (χ2v) is 14.8. The number of nitrogens with zero attached hydrogens (tertiary/aromatic N) is 1. The SMILES string of the molecule is c1ccc(-c2ccc(N(c3ccc4c(c3)C(c3ccccc3)(c3ccccc3)c3ccccc3-4)c3ccc4c(oc5ccccc54)c3-c3ccccc3)cc2)cc1. The molecule has 10 aromatic rings. The lowest BCUT2D eigenvalue weighted by molar-refractivity contribution is 0.670. The molecule has 0 fully saturated rings. The van der Waals surface area contributed by atoms with E-state index in [1.807, 2.05) is 6.07 Å². The Morgan fingerprint density at radius 2 is 0.912 bits per heavy atom. The van der Waals surface area contributed by atoms with E-state index in [1.54, 1.807) is 0 Å². The minimum absolute atomic E-state index is 0.530. The molecular weight excluding hydrogens is 691 g/mol. The van der Waals surface area contributed by atoms with Crippen LogP contribution in [0.2, 0.25) is 0 Å². The summed E-state index contributed by atoms with van der Waals surface area (Å²) < 4.78 is 6.82. The maximum Gasteiger partial charge on any atom is 0.145 e. The van der Waals surface area contributed by atoms with Gasteiger partial charge >= 0.3 is 0 Å². The Morgan fingerprint density at radius 1 is 0.368 bits per heavy atom. The number of rotatable bonds is 7. The molecule has 11 rings (SSSR count). The van der Waals surface area contributed by atoms with Gasteiger partial charge in [-0.3, -0.25) is 0 Å². The molecule has 2 heteroatoms. The normalized spacial score (nSPS) is 12.7. The first-order chi connectivity index (χ1) is 28.3. The van der Waals surface area contributed by atoms with E-state index in [1.165, 1.54) is 44.5 Å². The van der Waals surface area contributed by atoms with Crippen molar-refractivity contribution in [2.75, 3.05) is 4.90 Å². The van der Waals surface area contributed by atoms with Crippen LogP contribution in [0.1, 0.15) is 22.3 Å². The van der Waals surface area contributed by atoms with Crippen LogP contribution in [0.25, 0.3) is 55.3 Å². The summed E-state index contributed by atoms with van der Waals surface area (Å²) in [6.45, 7) is 0. The molecule has 268 valence electrons. The molecule has 1 heterocycles. The fourth-order valence-corrected chi connectivity index (χ4v) is 9.28. The lowest BCUT2D eigenvalue weighted by atomic mass is 9.67. The van der Waals surface area contributed by atoms with Crippen LogP contribution >= 0.6 is 0 Å². The Balaban J connectivity index is 1.21. The van der Waals surface area contributed by atoms with Crippen LogP contribution in [-0.2, 0) is 5.41 Å². The van der Waals surface area contributed by atoms with Crippen molar-refractivity contribution in [3.63, 3.8) is 0 Å². The number of hydrogen-bond acceptors (Lipinski definition) is 2. The van der Waals surface area contributed by atoms with Crippen molar-refractivity contribution in [2.45, 2.75) is 5.41 Å². The van der Waals surface area contributed by atoms with Crippen molar-refractivity contribution in [1.29, 1.82) is 0 Å². The highest BCUT2D eigenvalue weighted by molar-refractivity contribution is 6.13. The number of furan rings is 1. The lowest BCUT2D eigenvalue weighted by Gasteiger charge is -2.35. The van der Waals surface area contributed by atoms with Crippen molar-refractivity contribution in [2.24, 2.45) is 0 Å². The first-order valence-corrected chi connectivity index (χ1v) is 19.6. The van der Waals surface area contributed by atoms with Crippen LogP contribution in [0.15, 0.2) is 229 Å². The molecule has 0 amide bonds. The highest BCUT2D eigenvalue weighted by Gasteiger charge is 2.46. The molecule has 0 radical (unpaired) electrons. The van der Waals surface area contributed by atoms with E-state index in [0.717, 1.165) is 50.1 Å². The van der Waals surface area contributed by atoms with Gasteiger partial charge in [0.05, 0.1) is 11.1 Å². The van der Waals surface area contributed by atoms with Gasteiger partial charge in [-0.05, 0) is 92.5 Å². The smallest absolute Gasteiger partial charge is 0.145 e. The quantitative estimate of drug-likeness (QED) is 0.163. The molecule has 0 saturated heterocycles. The minimum atomic E-state index is -0.530. The first-order valence-electron chi connectivity index (χ1n) is 19.6. The third-order valence-electron chi connectivity index (χ3n) is 11.8. The van der Waals surface area contributed by atoms with E-state index < -0.39 is 5.41 Å². The summed E-state index contributed by atoms with van der Waals surface area (Å²) in [5.74, 6) is 0. The summed E-state index contributed by atoms with van der Waals surface area (Å²) in [5, 5.41) is 2.21. The van der Waals surface area contributed by atoms with Crippen molar-refractivity contribution in [3.05, 3.63) is 247 Å². The lowest BCUT2D eigenvalue weighted by Crippen LogP contribution is -2.28. The van der Waals surface area contributed by atoms with E-state index in [-0.39, 0.29) is 0 Å². The van der Waals surface area contributed by atoms with Gasteiger partial charge in [0.2, 0.25) is 0 Å². The molecule has 0 bridgehead atoms. The topological polar surface area (TPSA) is 16.4 Å². The Morgan fingerprint density at radius 3 is 1.61 bits per heavy atom. The van der Waals surface area contributed by atoms with Gasteiger partial charge in [0.1, 0.15) is 11.2 Å². The zero-order chi connectivity index (χ0) is 37.8. The highest BCUT2D eigenvalue weighted by atomic mass is 16.3. The summed E-state index contributed by atoms with van der Waals surface area (Å²) in [6, 6.07) is 81.2. The van der Waals surface area contributed by atoms with Gasteiger partial charge in [0, 0.05) is 27.7 Å². The summed E-state index contributed by atoms with van der Waals surface area (Å²) in [4.78, 5) is 2.42. The third-order valence-corrected chi connectivity index (χ3v) is 11.8. The average Bonchev–Trinajstić information content (AvgIpc) is 3.81. The number of para-hydroxylation sites is 1. The average molecular weight is 728 g/mol. The number of benzene rings is 9. The van der Waals surface area contributed by atoms with Gasteiger partial charge in [-0.15, -0.1) is 0 Å². The van der Waals surface area contributed by atoms with Crippen molar-refractivity contribution < 1.29 is 4.42 Å². The van der Waals surface area contributed by atoms with Crippen LogP contribution in [0.4, 0.5) is 17.1 Å². The number of hydrogen-bond donors (Lipinski definition) is 0. The maximum atomic E-state index is 6.82.